The van der Waals surface area contributed by atoms with E-state index in [1.807, 2.05) is 20.2 Å². The first-order valence-electron chi connectivity index (χ1n) is 8.45. The van der Waals surface area contributed by atoms with Crippen LogP contribution in [-0.2, 0) is 6.54 Å². The number of hydrogen-bond acceptors (Lipinski definition) is 6. The quantitative estimate of drug-likeness (QED) is 0.911. The summed E-state index contributed by atoms with van der Waals surface area (Å²) in [6, 6.07) is 4.45. The zero-order valence-corrected chi connectivity index (χ0v) is 14.6. The summed E-state index contributed by atoms with van der Waals surface area (Å²) in [5.41, 5.74) is 2.27. The monoisotopic (exact) mass is 327 g/mol. The standard InChI is InChI=1S/C18H25N5O/c1-13-21-16(9-18(19-2)22-13)17-6-4-5-7-23(17)12-14-8-15(24-3)11-20-10-14/h8-11,17H,4-7,12H2,1-3H3,(H,19,21,22). The van der Waals surface area contributed by atoms with E-state index in [0.717, 1.165) is 42.6 Å². The van der Waals surface area contributed by atoms with E-state index >= 15 is 0 Å². The van der Waals surface area contributed by atoms with E-state index in [0.29, 0.717) is 6.04 Å². The number of aromatic nitrogens is 3. The molecule has 1 saturated heterocycles. The number of rotatable bonds is 5. The van der Waals surface area contributed by atoms with Crippen molar-refractivity contribution in [2.75, 3.05) is 26.0 Å². The molecule has 1 atom stereocenters. The number of piperidine rings is 1. The summed E-state index contributed by atoms with van der Waals surface area (Å²) < 4.78 is 5.29. The maximum absolute atomic E-state index is 5.29. The minimum atomic E-state index is 0.318. The second-order valence-corrected chi connectivity index (χ2v) is 6.19. The highest BCUT2D eigenvalue weighted by Gasteiger charge is 2.26. The molecule has 6 nitrogen and oxygen atoms in total. The lowest BCUT2D eigenvalue weighted by atomic mass is 9.98. The number of ether oxygens (including phenoxy) is 1. The summed E-state index contributed by atoms with van der Waals surface area (Å²) in [7, 11) is 3.57. The van der Waals surface area contributed by atoms with Gasteiger partial charge in [-0.3, -0.25) is 9.88 Å². The van der Waals surface area contributed by atoms with Crippen molar-refractivity contribution in [3.05, 3.63) is 41.6 Å². The molecule has 0 bridgehead atoms. The van der Waals surface area contributed by atoms with Crippen molar-refractivity contribution in [1.29, 1.82) is 0 Å². The van der Waals surface area contributed by atoms with Gasteiger partial charge in [0.2, 0.25) is 0 Å². The Morgan fingerprint density at radius 3 is 2.92 bits per heavy atom. The van der Waals surface area contributed by atoms with Gasteiger partial charge in [0.05, 0.1) is 25.0 Å². The highest BCUT2D eigenvalue weighted by atomic mass is 16.5. The van der Waals surface area contributed by atoms with Crippen LogP contribution in [0.1, 0.15) is 42.4 Å². The Balaban J connectivity index is 1.84. The summed E-state index contributed by atoms with van der Waals surface area (Å²) in [6.07, 6.45) is 7.23. The van der Waals surface area contributed by atoms with Crippen molar-refractivity contribution < 1.29 is 4.74 Å². The summed E-state index contributed by atoms with van der Waals surface area (Å²) in [6.45, 7) is 3.87. The van der Waals surface area contributed by atoms with Crippen LogP contribution in [0.4, 0.5) is 5.82 Å². The maximum atomic E-state index is 5.29. The lowest BCUT2D eigenvalue weighted by Gasteiger charge is -2.35. The second-order valence-electron chi connectivity index (χ2n) is 6.19. The molecule has 0 saturated carbocycles. The molecular weight excluding hydrogens is 302 g/mol. The molecule has 24 heavy (non-hydrogen) atoms. The van der Waals surface area contributed by atoms with Crippen molar-refractivity contribution in [1.82, 2.24) is 19.9 Å². The molecule has 0 spiro atoms. The summed E-state index contributed by atoms with van der Waals surface area (Å²) in [5, 5.41) is 3.13. The Kier molecular flexibility index (Phi) is 5.25. The third-order valence-corrected chi connectivity index (χ3v) is 4.46. The predicted octanol–water partition coefficient (Wildman–Crippen LogP) is 2.96. The van der Waals surface area contributed by atoms with Crippen molar-refractivity contribution in [3.8, 4) is 5.75 Å². The largest absolute Gasteiger partial charge is 0.495 e. The molecular formula is C18H25N5O. The Bertz CT molecular complexity index is 691. The number of aryl methyl sites for hydroxylation is 1. The molecule has 0 aromatic carbocycles. The van der Waals surface area contributed by atoms with Gasteiger partial charge in [-0.2, -0.15) is 0 Å². The zero-order chi connectivity index (χ0) is 16.9. The van der Waals surface area contributed by atoms with E-state index in [-0.39, 0.29) is 0 Å². The van der Waals surface area contributed by atoms with Gasteiger partial charge >= 0.3 is 0 Å². The number of nitrogens with one attached hydrogen (secondary N) is 1. The molecule has 0 aliphatic carbocycles. The summed E-state index contributed by atoms with van der Waals surface area (Å²) in [4.78, 5) is 15.9. The molecule has 2 aromatic heterocycles. The maximum Gasteiger partial charge on any atom is 0.137 e. The van der Waals surface area contributed by atoms with Crippen LogP contribution in [-0.4, -0.2) is 40.6 Å². The van der Waals surface area contributed by atoms with Gasteiger partial charge in [0, 0.05) is 25.9 Å². The second kappa shape index (κ2) is 7.57. The lowest BCUT2D eigenvalue weighted by molar-refractivity contribution is 0.137. The number of likely N-dealkylation sites (tertiary alicyclic amines) is 1. The number of pyridine rings is 1. The molecule has 1 aliphatic rings. The van der Waals surface area contributed by atoms with Crippen LogP contribution in [0.2, 0.25) is 0 Å². The molecule has 6 heteroatoms. The molecule has 3 heterocycles. The Hall–Kier alpha value is -2.21. The SMILES string of the molecule is CNc1cc(C2CCCCN2Cc2cncc(OC)c2)nc(C)n1. The third kappa shape index (κ3) is 3.82. The van der Waals surface area contributed by atoms with Crippen LogP contribution < -0.4 is 10.1 Å². The van der Waals surface area contributed by atoms with Crippen molar-refractivity contribution in [2.45, 2.75) is 38.8 Å². The molecule has 0 radical (unpaired) electrons. The smallest absolute Gasteiger partial charge is 0.137 e. The lowest BCUT2D eigenvalue weighted by Crippen LogP contribution is -2.33. The summed E-state index contributed by atoms with van der Waals surface area (Å²) >= 11 is 0. The van der Waals surface area contributed by atoms with Gasteiger partial charge < -0.3 is 10.1 Å². The van der Waals surface area contributed by atoms with E-state index in [9.17, 15) is 0 Å². The van der Waals surface area contributed by atoms with Crippen LogP contribution in [0.25, 0.3) is 0 Å². The molecule has 1 N–H and O–H groups in total. The van der Waals surface area contributed by atoms with E-state index < -0.39 is 0 Å². The molecule has 128 valence electrons. The first-order chi connectivity index (χ1) is 11.7. The van der Waals surface area contributed by atoms with Crippen LogP contribution in [0.5, 0.6) is 5.75 Å². The molecule has 0 amide bonds. The molecule has 2 aromatic rings. The first-order valence-corrected chi connectivity index (χ1v) is 8.45. The highest BCUT2D eigenvalue weighted by molar-refractivity contribution is 5.36. The Labute approximate surface area is 143 Å². The van der Waals surface area contributed by atoms with Crippen LogP contribution >= 0.6 is 0 Å². The van der Waals surface area contributed by atoms with E-state index in [4.69, 9.17) is 9.72 Å². The zero-order valence-electron chi connectivity index (χ0n) is 14.6. The van der Waals surface area contributed by atoms with E-state index in [1.54, 1.807) is 13.3 Å². The van der Waals surface area contributed by atoms with Gasteiger partial charge in [-0.05, 0) is 37.9 Å². The van der Waals surface area contributed by atoms with E-state index in [2.05, 4.69) is 32.3 Å². The molecule has 3 rings (SSSR count). The number of hydrogen-bond donors (Lipinski definition) is 1. The van der Waals surface area contributed by atoms with Gasteiger partial charge in [-0.25, -0.2) is 9.97 Å². The van der Waals surface area contributed by atoms with Crippen molar-refractivity contribution >= 4 is 5.82 Å². The van der Waals surface area contributed by atoms with Gasteiger partial charge in [0.1, 0.15) is 17.4 Å². The van der Waals surface area contributed by atoms with Crippen molar-refractivity contribution in [3.63, 3.8) is 0 Å². The average molecular weight is 327 g/mol. The van der Waals surface area contributed by atoms with Crippen LogP contribution in [0.15, 0.2) is 24.5 Å². The number of nitrogens with zero attached hydrogens (tertiary/aromatic N) is 4. The van der Waals surface area contributed by atoms with Crippen molar-refractivity contribution in [2.24, 2.45) is 0 Å². The fourth-order valence-electron chi connectivity index (χ4n) is 3.30. The number of methoxy groups -OCH3 is 1. The average Bonchev–Trinajstić information content (AvgIpc) is 2.61. The molecule has 1 unspecified atom stereocenters. The van der Waals surface area contributed by atoms with Gasteiger partial charge in [0.25, 0.3) is 0 Å². The van der Waals surface area contributed by atoms with Gasteiger partial charge in [-0.15, -0.1) is 0 Å². The first kappa shape index (κ1) is 16.6. The molecule has 1 fully saturated rings. The van der Waals surface area contributed by atoms with Crippen LogP contribution in [0, 0.1) is 6.92 Å². The predicted molar refractivity (Wildman–Crippen MR) is 94.1 cm³/mol. The fourth-order valence-corrected chi connectivity index (χ4v) is 3.30. The minimum absolute atomic E-state index is 0.318. The van der Waals surface area contributed by atoms with E-state index in [1.165, 1.54) is 18.4 Å². The number of anilines is 1. The minimum Gasteiger partial charge on any atom is -0.495 e. The van der Waals surface area contributed by atoms with Gasteiger partial charge in [0.15, 0.2) is 0 Å². The Morgan fingerprint density at radius 1 is 1.25 bits per heavy atom. The topological polar surface area (TPSA) is 63.2 Å². The third-order valence-electron chi connectivity index (χ3n) is 4.46. The summed E-state index contributed by atoms with van der Waals surface area (Å²) in [5.74, 6) is 2.49. The Morgan fingerprint density at radius 2 is 2.12 bits per heavy atom. The van der Waals surface area contributed by atoms with Gasteiger partial charge in [-0.1, -0.05) is 6.42 Å². The highest BCUT2D eigenvalue weighted by Crippen LogP contribution is 2.32. The molecule has 1 aliphatic heterocycles. The normalized spacial score (nSPS) is 18.4. The fraction of sp³-hybridized carbons (Fsp3) is 0.500. The van der Waals surface area contributed by atoms with Crippen LogP contribution in [0.3, 0.4) is 0 Å².